The van der Waals surface area contributed by atoms with E-state index in [1.54, 1.807) is 0 Å². The van der Waals surface area contributed by atoms with Crippen molar-refractivity contribution in [2.45, 2.75) is 19.6 Å². The minimum Gasteiger partial charge on any atom is -0.350 e. The molecule has 0 aliphatic heterocycles. The number of rotatable bonds is 6. The molecule has 0 aliphatic carbocycles. The van der Waals surface area contributed by atoms with Crippen LogP contribution in [0.5, 0.6) is 0 Å². The number of imidazole rings is 1. The molecule has 130 valence electrons. The fraction of sp³-hybridized carbons (Fsp3) is 0.167. The normalized spacial score (nSPS) is 10.9. The minimum atomic E-state index is -0.133. The highest BCUT2D eigenvalue weighted by molar-refractivity contribution is 5.75. The van der Waals surface area contributed by atoms with E-state index in [4.69, 9.17) is 0 Å². The van der Waals surface area contributed by atoms with Crippen molar-refractivity contribution in [3.63, 3.8) is 0 Å². The third-order valence-corrected chi connectivity index (χ3v) is 4.09. The molecule has 2 aromatic heterocycles. The molecule has 0 aliphatic rings. The van der Waals surface area contributed by atoms with E-state index in [-0.39, 0.29) is 12.5 Å². The standard InChI is InChI=1S/C18H17N7O/c26-18(11-25-13-21-22-23-25)19-9-14-5-7-15(8-6-14)10-24-12-20-16-3-1-2-4-17(16)24/h1-8,12-13H,9-11H2,(H,19,26). The Balaban J connectivity index is 1.35. The Labute approximate surface area is 149 Å². The van der Waals surface area contributed by atoms with Gasteiger partial charge in [0, 0.05) is 13.1 Å². The number of amides is 1. The van der Waals surface area contributed by atoms with Crippen LogP contribution >= 0.6 is 0 Å². The summed E-state index contributed by atoms with van der Waals surface area (Å²) in [5, 5.41) is 13.5. The van der Waals surface area contributed by atoms with Gasteiger partial charge in [-0.1, -0.05) is 36.4 Å². The Kier molecular flexibility index (Phi) is 4.38. The zero-order chi connectivity index (χ0) is 17.8. The molecule has 0 fully saturated rings. The summed E-state index contributed by atoms with van der Waals surface area (Å²) in [7, 11) is 0. The van der Waals surface area contributed by atoms with Gasteiger partial charge in [-0.05, 0) is 33.7 Å². The van der Waals surface area contributed by atoms with Crippen LogP contribution in [0.15, 0.2) is 61.2 Å². The Bertz CT molecular complexity index is 1010. The van der Waals surface area contributed by atoms with Gasteiger partial charge in [0.25, 0.3) is 0 Å². The number of nitrogens with one attached hydrogen (secondary N) is 1. The highest BCUT2D eigenvalue weighted by atomic mass is 16.2. The lowest BCUT2D eigenvalue weighted by Gasteiger charge is -2.08. The number of tetrazole rings is 1. The monoisotopic (exact) mass is 347 g/mol. The van der Waals surface area contributed by atoms with Crippen molar-refractivity contribution in [2.75, 3.05) is 0 Å². The molecular weight excluding hydrogens is 330 g/mol. The number of hydrogen-bond donors (Lipinski definition) is 1. The van der Waals surface area contributed by atoms with Crippen LogP contribution in [0, 0.1) is 0 Å². The van der Waals surface area contributed by atoms with Gasteiger partial charge in [-0.2, -0.15) is 0 Å². The molecule has 2 heterocycles. The highest BCUT2D eigenvalue weighted by Gasteiger charge is 2.05. The Hall–Kier alpha value is -3.55. The SMILES string of the molecule is O=C(Cn1cnnn1)NCc1ccc(Cn2cnc3ccccc32)cc1. The number of carbonyl (C=O) groups is 1. The van der Waals surface area contributed by atoms with Crippen molar-refractivity contribution in [3.8, 4) is 0 Å². The fourth-order valence-corrected chi connectivity index (χ4v) is 2.75. The van der Waals surface area contributed by atoms with E-state index in [9.17, 15) is 4.79 Å². The maximum absolute atomic E-state index is 11.8. The van der Waals surface area contributed by atoms with E-state index in [0.717, 1.165) is 23.1 Å². The van der Waals surface area contributed by atoms with E-state index in [1.807, 2.05) is 36.7 Å². The smallest absolute Gasteiger partial charge is 0.242 e. The molecule has 8 heteroatoms. The van der Waals surface area contributed by atoms with Crippen molar-refractivity contribution in [1.29, 1.82) is 0 Å². The van der Waals surface area contributed by atoms with Gasteiger partial charge in [-0.3, -0.25) is 4.79 Å². The van der Waals surface area contributed by atoms with Crippen LogP contribution in [0.1, 0.15) is 11.1 Å². The van der Waals surface area contributed by atoms with Gasteiger partial charge >= 0.3 is 0 Å². The highest BCUT2D eigenvalue weighted by Crippen LogP contribution is 2.14. The molecule has 1 amide bonds. The molecule has 26 heavy (non-hydrogen) atoms. The van der Waals surface area contributed by atoms with Crippen LogP contribution in [0.2, 0.25) is 0 Å². The van der Waals surface area contributed by atoms with Crippen LogP contribution in [0.25, 0.3) is 11.0 Å². The van der Waals surface area contributed by atoms with Gasteiger partial charge in [-0.25, -0.2) is 9.67 Å². The number of nitrogens with zero attached hydrogens (tertiary/aromatic N) is 6. The van der Waals surface area contributed by atoms with E-state index < -0.39 is 0 Å². The van der Waals surface area contributed by atoms with Crippen LogP contribution in [-0.2, 0) is 24.4 Å². The average molecular weight is 347 g/mol. The van der Waals surface area contributed by atoms with Gasteiger partial charge in [0.15, 0.2) is 0 Å². The van der Waals surface area contributed by atoms with E-state index in [1.165, 1.54) is 16.6 Å². The summed E-state index contributed by atoms with van der Waals surface area (Å²) in [4.78, 5) is 16.3. The lowest BCUT2D eigenvalue weighted by atomic mass is 10.1. The average Bonchev–Trinajstić information content (AvgIpc) is 3.32. The quantitative estimate of drug-likeness (QED) is 0.569. The van der Waals surface area contributed by atoms with Crippen LogP contribution < -0.4 is 5.32 Å². The Morgan fingerprint density at radius 3 is 2.62 bits per heavy atom. The molecule has 0 unspecified atom stereocenters. The molecule has 0 saturated heterocycles. The number of hydrogen-bond acceptors (Lipinski definition) is 5. The second-order valence-corrected chi connectivity index (χ2v) is 5.96. The largest absolute Gasteiger partial charge is 0.350 e. The van der Waals surface area contributed by atoms with E-state index >= 15 is 0 Å². The molecule has 0 spiro atoms. The van der Waals surface area contributed by atoms with Gasteiger partial charge < -0.3 is 9.88 Å². The van der Waals surface area contributed by atoms with Crippen LogP contribution in [-0.4, -0.2) is 35.7 Å². The predicted octanol–water partition coefficient (Wildman–Crippen LogP) is 1.39. The van der Waals surface area contributed by atoms with Crippen molar-refractivity contribution in [1.82, 2.24) is 35.1 Å². The topological polar surface area (TPSA) is 90.5 Å². The first-order chi connectivity index (χ1) is 12.8. The second kappa shape index (κ2) is 7.14. The summed E-state index contributed by atoms with van der Waals surface area (Å²) in [6.07, 6.45) is 3.27. The lowest BCUT2D eigenvalue weighted by Crippen LogP contribution is -2.27. The van der Waals surface area contributed by atoms with Gasteiger partial charge in [0.05, 0.1) is 17.4 Å². The predicted molar refractivity (Wildman–Crippen MR) is 94.9 cm³/mol. The number of aromatic nitrogens is 6. The molecule has 4 rings (SSSR count). The molecule has 0 radical (unpaired) electrons. The third kappa shape index (κ3) is 3.59. The zero-order valence-electron chi connectivity index (χ0n) is 14.0. The lowest BCUT2D eigenvalue weighted by molar-refractivity contribution is -0.122. The summed E-state index contributed by atoms with van der Waals surface area (Å²) >= 11 is 0. The Morgan fingerprint density at radius 1 is 1.00 bits per heavy atom. The molecule has 0 atom stereocenters. The molecule has 0 bridgehead atoms. The summed E-state index contributed by atoms with van der Waals surface area (Å²) in [5.74, 6) is -0.133. The molecular formula is C18H17N7O. The van der Waals surface area contributed by atoms with Gasteiger partial charge in [0.1, 0.15) is 12.9 Å². The minimum absolute atomic E-state index is 0.110. The van der Waals surface area contributed by atoms with Gasteiger partial charge in [-0.15, -0.1) is 5.10 Å². The summed E-state index contributed by atoms with van der Waals surface area (Å²) in [6.45, 7) is 1.33. The van der Waals surface area contributed by atoms with Crippen molar-refractivity contribution in [3.05, 3.63) is 72.3 Å². The molecule has 4 aromatic rings. The molecule has 1 N–H and O–H groups in total. The molecule has 8 nitrogen and oxygen atoms in total. The molecule has 2 aromatic carbocycles. The number of fused-ring (bicyclic) bond motifs is 1. The van der Waals surface area contributed by atoms with Crippen molar-refractivity contribution in [2.24, 2.45) is 0 Å². The van der Waals surface area contributed by atoms with Crippen molar-refractivity contribution >= 4 is 16.9 Å². The van der Waals surface area contributed by atoms with E-state index in [2.05, 4.69) is 48.6 Å². The first kappa shape index (κ1) is 15.9. The number of carbonyl (C=O) groups excluding carboxylic acids is 1. The van der Waals surface area contributed by atoms with E-state index in [0.29, 0.717) is 6.54 Å². The number of para-hydroxylation sites is 2. The van der Waals surface area contributed by atoms with Crippen molar-refractivity contribution < 1.29 is 4.79 Å². The first-order valence-electron chi connectivity index (χ1n) is 8.23. The maximum atomic E-state index is 11.8. The fourth-order valence-electron chi connectivity index (χ4n) is 2.75. The summed E-state index contributed by atoms with van der Waals surface area (Å²) in [5.41, 5.74) is 4.33. The van der Waals surface area contributed by atoms with Crippen LogP contribution in [0.4, 0.5) is 0 Å². The summed E-state index contributed by atoms with van der Waals surface area (Å²) in [6, 6.07) is 16.3. The number of benzene rings is 2. The molecule has 0 saturated carbocycles. The van der Waals surface area contributed by atoms with Crippen LogP contribution in [0.3, 0.4) is 0 Å². The zero-order valence-corrected chi connectivity index (χ0v) is 14.0. The second-order valence-electron chi connectivity index (χ2n) is 5.96. The van der Waals surface area contributed by atoms with Gasteiger partial charge in [0.2, 0.25) is 5.91 Å². The Morgan fingerprint density at radius 2 is 1.81 bits per heavy atom. The first-order valence-corrected chi connectivity index (χ1v) is 8.23. The third-order valence-electron chi connectivity index (χ3n) is 4.09. The maximum Gasteiger partial charge on any atom is 0.242 e. The summed E-state index contributed by atoms with van der Waals surface area (Å²) < 4.78 is 3.51.